The molecule has 2 N–H and O–H groups in total. The summed E-state index contributed by atoms with van der Waals surface area (Å²) in [7, 11) is 0. The molecular formula is C14H12BrNO2. The highest BCUT2D eigenvalue weighted by atomic mass is 79.9. The molecule has 92 valence electrons. The van der Waals surface area contributed by atoms with Gasteiger partial charge in [0.25, 0.3) is 0 Å². The Bertz CT molecular complexity index is 602. The standard InChI is InChI=1S/C14H12BrNO2/c15-10-4-1-3-9(7-10)14(18)8-12(17)11-5-2-6-16-13(11)14/h1-7,12,17-18H,8H2. The molecule has 4 heteroatoms. The van der Waals surface area contributed by atoms with E-state index in [0.29, 0.717) is 11.3 Å². The van der Waals surface area contributed by atoms with Crippen molar-refractivity contribution >= 4 is 15.9 Å². The molecule has 2 atom stereocenters. The van der Waals surface area contributed by atoms with Crippen molar-refractivity contribution in [2.45, 2.75) is 18.1 Å². The summed E-state index contributed by atoms with van der Waals surface area (Å²) in [6, 6.07) is 11.1. The lowest BCUT2D eigenvalue weighted by Gasteiger charge is -2.23. The molecule has 0 saturated heterocycles. The third-order valence-electron chi connectivity index (χ3n) is 3.38. The van der Waals surface area contributed by atoms with Crippen molar-refractivity contribution in [1.82, 2.24) is 4.98 Å². The Morgan fingerprint density at radius 3 is 2.89 bits per heavy atom. The molecule has 1 heterocycles. The zero-order chi connectivity index (χ0) is 12.8. The number of aliphatic hydroxyl groups excluding tert-OH is 1. The molecule has 1 aromatic carbocycles. The van der Waals surface area contributed by atoms with E-state index < -0.39 is 11.7 Å². The Morgan fingerprint density at radius 1 is 1.28 bits per heavy atom. The first-order valence-corrected chi connectivity index (χ1v) is 6.52. The molecule has 3 rings (SSSR count). The second-order valence-corrected chi connectivity index (χ2v) is 5.45. The van der Waals surface area contributed by atoms with E-state index in [4.69, 9.17) is 0 Å². The Hall–Kier alpha value is -1.23. The molecule has 0 fully saturated rings. The second kappa shape index (κ2) is 4.16. The number of benzene rings is 1. The Labute approximate surface area is 113 Å². The molecule has 0 bridgehead atoms. The third-order valence-corrected chi connectivity index (χ3v) is 3.87. The van der Waals surface area contributed by atoms with E-state index in [9.17, 15) is 10.2 Å². The zero-order valence-corrected chi connectivity index (χ0v) is 11.1. The van der Waals surface area contributed by atoms with E-state index in [2.05, 4.69) is 20.9 Å². The van der Waals surface area contributed by atoms with Gasteiger partial charge >= 0.3 is 0 Å². The molecule has 18 heavy (non-hydrogen) atoms. The van der Waals surface area contributed by atoms with Gasteiger partial charge in [-0.3, -0.25) is 4.98 Å². The third kappa shape index (κ3) is 1.68. The fourth-order valence-electron chi connectivity index (χ4n) is 2.52. The van der Waals surface area contributed by atoms with Crippen molar-refractivity contribution in [1.29, 1.82) is 0 Å². The van der Waals surface area contributed by atoms with Gasteiger partial charge in [0.2, 0.25) is 0 Å². The molecule has 0 aliphatic heterocycles. The van der Waals surface area contributed by atoms with Crippen LogP contribution in [0.1, 0.15) is 29.3 Å². The average molecular weight is 306 g/mol. The van der Waals surface area contributed by atoms with Crippen molar-refractivity contribution in [2.24, 2.45) is 0 Å². The molecule has 3 nitrogen and oxygen atoms in total. The first-order chi connectivity index (χ1) is 8.61. The van der Waals surface area contributed by atoms with E-state index in [1.807, 2.05) is 30.3 Å². The quantitative estimate of drug-likeness (QED) is 0.851. The smallest absolute Gasteiger partial charge is 0.135 e. The van der Waals surface area contributed by atoms with Crippen molar-refractivity contribution in [3.8, 4) is 0 Å². The van der Waals surface area contributed by atoms with Crippen LogP contribution in [-0.4, -0.2) is 15.2 Å². The SMILES string of the molecule is OC1CC(O)(c2cccc(Br)c2)c2ncccc21. The second-order valence-electron chi connectivity index (χ2n) is 4.53. The van der Waals surface area contributed by atoms with E-state index in [1.165, 1.54) is 0 Å². The number of nitrogens with zero attached hydrogens (tertiary/aromatic N) is 1. The fraction of sp³-hybridized carbons (Fsp3) is 0.214. The topological polar surface area (TPSA) is 53.4 Å². The Morgan fingerprint density at radius 2 is 2.11 bits per heavy atom. The van der Waals surface area contributed by atoms with Crippen LogP contribution < -0.4 is 0 Å². The predicted octanol–water partition coefficient (Wildman–Crippen LogP) is 2.52. The van der Waals surface area contributed by atoms with Crippen molar-refractivity contribution < 1.29 is 10.2 Å². The summed E-state index contributed by atoms with van der Waals surface area (Å²) < 4.78 is 0.896. The molecule has 0 spiro atoms. The molecule has 0 saturated carbocycles. The van der Waals surface area contributed by atoms with Gasteiger partial charge in [0.15, 0.2) is 0 Å². The summed E-state index contributed by atoms with van der Waals surface area (Å²) >= 11 is 3.39. The van der Waals surface area contributed by atoms with E-state index in [0.717, 1.165) is 10.0 Å². The minimum atomic E-state index is -1.21. The van der Waals surface area contributed by atoms with Crippen molar-refractivity contribution in [3.05, 3.63) is 63.9 Å². The van der Waals surface area contributed by atoms with Crippen molar-refractivity contribution in [2.75, 3.05) is 0 Å². The Balaban J connectivity index is 2.18. The molecule has 2 aromatic rings. The highest BCUT2D eigenvalue weighted by molar-refractivity contribution is 9.10. The van der Waals surface area contributed by atoms with Gasteiger partial charge in [0, 0.05) is 22.7 Å². The summed E-state index contributed by atoms with van der Waals surface area (Å²) in [5.41, 5.74) is 0.795. The maximum Gasteiger partial charge on any atom is 0.135 e. The van der Waals surface area contributed by atoms with E-state index in [-0.39, 0.29) is 6.42 Å². The first kappa shape index (κ1) is 11.8. The Kier molecular flexibility index (Phi) is 2.73. The lowest BCUT2D eigenvalue weighted by molar-refractivity contribution is 0.0388. The van der Waals surface area contributed by atoms with Gasteiger partial charge < -0.3 is 10.2 Å². The van der Waals surface area contributed by atoms with Gasteiger partial charge in [0.05, 0.1) is 11.8 Å². The maximum absolute atomic E-state index is 10.9. The molecule has 1 aliphatic rings. The summed E-state index contributed by atoms with van der Waals surface area (Å²) in [5.74, 6) is 0. The number of fused-ring (bicyclic) bond motifs is 1. The van der Waals surface area contributed by atoms with Crippen LogP contribution in [0.5, 0.6) is 0 Å². The number of halogens is 1. The summed E-state index contributed by atoms with van der Waals surface area (Å²) in [6.07, 6.45) is 1.22. The maximum atomic E-state index is 10.9. The first-order valence-electron chi connectivity index (χ1n) is 5.73. The highest BCUT2D eigenvalue weighted by Crippen LogP contribution is 2.46. The number of rotatable bonds is 1. The normalized spacial score (nSPS) is 26.1. The monoisotopic (exact) mass is 305 g/mol. The van der Waals surface area contributed by atoms with E-state index >= 15 is 0 Å². The summed E-state index contributed by atoms with van der Waals surface area (Å²) in [6.45, 7) is 0. The fourth-order valence-corrected chi connectivity index (χ4v) is 2.92. The zero-order valence-electron chi connectivity index (χ0n) is 9.55. The van der Waals surface area contributed by atoms with Crippen LogP contribution in [0.4, 0.5) is 0 Å². The number of aromatic nitrogens is 1. The average Bonchev–Trinajstić information content (AvgIpc) is 2.64. The number of hydrogen-bond acceptors (Lipinski definition) is 3. The summed E-state index contributed by atoms with van der Waals surface area (Å²) in [4.78, 5) is 4.24. The minimum Gasteiger partial charge on any atom is -0.388 e. The van der Waals surface area contributed by atoms with Crippen LogP contribution in [0.2, 0.25) is 0 Å². The van der Waals surface area contributed by atoms with Crippen LogP contribution in [0.25, 0.3) is 0 Å². The predicted molar refractivity (Wildman–Crippen MR) is 71.0 cm³/mol. The van der Waals surface area contributed by atoms with Gasteiger partial charge in [0.1, 0.15) is 5.60 Å². The van der Waals surface area contributed by atoms with Crippen LogP contribution in [0, 0.1) is 0 Å². The van der Waals surface area contributed by atoms with E-state index in [1.54, 1.807) is 12.3 Å². The molecule has 2 unspecified atom stereocenters. The van der Waals surface area contributed by atoms with Crippen LogP contribution in [0.3, 0.4) is 0 Å². The van der Waals surface area contributed by atoms with Crippen LogP contribution >= 0.6 is 15.9 Å². The molecule has 0 amide bonds. The van der Waals surface area contributed by atoms with Crippen molar-refractivity contribution in [3.63, 3.8) is 0 Å². The lowest BCUT2D eigenvalue weighted by atomic mass is 9.91. The van der Waals surface area contributed by atoms with Gasteiger partial charge in [-0.05, 0) is 23.8 Å². The number of hydrogen-bond donors (Lipinski definition) is 2. The molecule has 1 aliphatic carbocycles. The summed E-state index contributed by atoms with van der Waals surface area (Å²) in [5, 5.41) is 20.9. The van der Waals surface area contributed by atoms with Crippen LogP contribution in [-0.2, 0) is 5.60 Å². The minimum absolute atomic E-state index is 0.246. The molecular weight excluding hydrogens is 294 g/mol. The van der Waals surface area contributed by atoms with Crippen LogP contribution in [0.15, 0.2) is 47.1 Å². The van der Waals surface area contributed by atoms with Gasteiger partial charge in [-0.1, -0.05) is 34.1 Å². The van der Waals surface area contributed by atoms with Gasteiger partial charge in [-0.25, -0.2) is 0 Å². The largest absolute Gasteiger partial charge is 0.388 e. The van der Waals surface area contributed by atoms with Gasteiger partial charge in [-0.15, -0.1) is 0 Å². The lowest BCUT2D eigenvalue weighted by Crippen LogP contribution is -2.25. The molecule has 0 radical (unpaired) electrons. The number of aliphatic hydroxyl groups is 2. The molecule has 1 aromatic heterocycles. The highest BCUT2D eigenvalue weighted by Gasteiger charge is 2.44. The number of pyridine rings is 1. The van der Waals surface area contributed by atoms with Gasteiger partial charge in [-0.2, -0.15) is 0 Å².